The highest BCUT2D eigenvalue weighted by atomic mass is 35.5. The third kappa shape index (κ3) is 4.96. The number of pyridine rings is 1. The molecule has 0 atom stereocenters. The van der Waals surface area contributed by atoms with E-state index in [0.717, 1.165) is 19.2 Å². The first-order valence-corrected chi connectivity index (χ1v) is 11.2. The first kappa shape index (κ1) is 24.6. The lowest BCUT2D eigenvalue weighted by Crippen LogP contribution is -2.46. The van der Waals surface area contributed by atoms with E-state index < -0.39 is 17.7 Å². The van der Waals surface area contributed by atoms with Gasteiger partial charge in [0.2, 0.25) is 5.95 Å². The number of rotatable bonds is 5. The number of piperazine rings is 1. The average molecular weight is 504 g/mol. The van der Waals surface area contributed by atoms with Gasteiger partial charge in [-0.1, -0.05) is 11.6 Å². The Balaban J connectivity index is 1.53. The third-order valence-electron chi connectivity index (χ3n) is 5.66. The predicted molar refractivity (Wildman–Crippen MR) is 129 cm³/mol. The van der Waals surface area contributed by atoms with E-state index in [2.05, 4.69) is 20.6 Å². The maximum atomic E-state index is 14.6. The highest BCUT2D eigenvalue weighted by Gasteiger charge is 2.23. The summed E-state index contributed by atoms with van der Waals surface area (Å²) >= 11 is 6.33. The van der Waals surface area contributed by atoms with Gasteiger partial charge >= 0.3 is 0 Å². The fraction of sp³-hybridized carbons (Fsp3) is 0.304. The molecule has 0 saturated carbocycles. The Morgan fingerprint density at radius 1 is 1.17 bits per heavy atom. The largest absolute Gasteiger partial charge is 0.360 e. The predicted octanol–water partition coefficient (Wildman–Crippen LogP) is 2.78. The number of hydrogen-bond acceptors (Lipinski definition) is 6. The maximum Gasteiger partial charge on any atom is 0.291 e. The zero-order valence-corrected chi connectivity index (χ0v) is 20.2. The lowest BCUT2D eigenvalue weighted by Gasteiger charge is -2.27. The Morgan fingerprint density at radius 3 is 2.54 bits per heavy atom. The minimum atomic E-state index is -0.887. The van der Waals surface area contributed by atoms with Crippen molar-refractivity contribution < 1.29 is 18.4 Å². The highest BCUT2D eigenvalue weighted by Crippen LogP contribution is 2.27. The van der Waals surface area contributed by atoms with Crippen LogP contribution in [0, 0.1) is 11.8 Å². The van der Waals surface area contributed by atoms with Crippen molar-refractivity contribution in [2.45, 2.75) is 0 Å². The molecule has 0 unspecified atom stereocenters. The van der Waals surface area contributed by atoms with E-state index in [4.69, 9.17) is 11.6 Å². The molecule has 35 heavy (non-hydrogen) atoms. The summed E-state index contributed by atoms with van der Waals surface area (Å²) in [4.78, 5) is 36.4. The van der Waals surface area contributed by atoms with Crippen LogP contribution in [0.15, 0.2) is 30.5 Å². The number of aromatic nitrogens is 3. The van der Waals surface area contributed by atoms with Gasteiger partial charge in [-0.2, -0.15) is 9.37 Å². The first-order chi connectivity index (χ1) is 16.7. The SMILES string of the molecule is CN(C)c1nc(F)c(-c2cnc(C(=O)Nc3ccc(C(=O)N4CCNCC4)c(Cl)c3)n2C)cc1F. The van der Waals surface area contributed by atoms with Crippen LogP contribution >= 0.6 is 11.6 Å². The minimum absolute atomic E-state index is 0.0337. The molecule has 0 bridgehead atoms. The minimum Gasteiger partial charge on any atom is -0.360 e. The van der Waals surface area contributed by atoms with Gasteiger partial charge in [0.05, 0.1) is 28.0 Å². The molecule has 0 spiro atoms. The van der Waals surface area contributed by atoms with Crippen molar-refractivity contribution in [3.05, 3.63) is 58.6 Å². The number of nitrogens with one attached hydrogen (secondary N) is 2. The van der Waals surface area contributed by atoms with Crippen LogP contribution in [0.2, 0.25) is 5.02 Å². The van der Waals surface area contributed by atoms with Gasteiger partial charge in [-0.3, -0.25) is 9.59 Å². The molecule has 1 fully saturated rings. The summed E-state index contributed by atoms with van der Waals surface area (Å²) in [7, 11) is 4.62. The Morgan fingerprint density at radius 2 is 1.89 bits per heavy atom. The van der Waals surface area contributed by atoms with Crippen LogP contribution in [0.25, 0.3) is 11.3 Å². The Labute approximate surface area is 205 Å². The van der Waals surface area contributed by atoms with E-state index in [-0.39, 0.29) is 33.8 Å². The lowest BCUT2D eigenvalue weighted by atomic mass is 10.1. The van der Waals surface area contributed by atoms with Crippen LogP contribution in [-0.2, 0) is 7.05 Å². The van der Waals surface area contributed by atoms with E-state index in [0.29, 0.717) is 24.3 Å². The van der Waals surface area contributed by atoms with Gasteiger partial charge in [-0.15, -0.1) is 0 Å². The standard InChI is InChI=1S/C23H24ClF2N7O2/c1-31(2)20-17(25)11-15(19(26)30-20)18-12-28-21(32(18)3)22(34)29-13-4-5-14(16(24)10-13)23(35)33-8-6-27-7-9-33/h4-5,10-12,27H,6-9H2,1-3H3,(H,29,34). The number of carbonyl (C=O) groups is 2. The molecular weight excluding hydrogens is 480 g/mol. The monoisotopic (exact) mass is 503 g/mol. The van der Waals surface area contributed by atoms with Gasteiger partial charge in [0.15, 0.2) is 17.5 Å². The molecule has 2 amide bonds. The summed E-state index contributed by atoms with van der Waals surface area (Å²) in [5.41, 5.74) is 0.757. The highest BCUT2D eigenvalue weighted by molar-refractivity contribution is 6.34. The normalized spacial score (nSPS) is 13.6. The van der Waals surface area contributed by atoms with E-state index in [9.17, 15) is 18.4 Å². The van der Waals surface area contributed by atoms with Crippen LogP contribution in [0.5, 0.6) is 0 Å². The summed E-state index contributed by atoms with van der Waals surface area (Å²) in [6.45, 7) is 2.62. The third-order valence-corrected chi connectivity index (χ3v) is 5.98. The molecular formula is C23H24ClF2N7O2. The van der Waals surface area contributed by atoms with Gasteiger partial charge in [-0.05, 0) is 24.3 Å². The van der Waals surface area contributed by atoms with E-state index in [1.54, 1.807) is 31.1 Å². The molecule has 4 rings (SSSR count). The van der Waals surface area contributed by atoms with Gasteiger partial charge in [0.25, 0.3) is 11.8 Å². The first-order valence-electron chi connectivity index (χ1n) is 10.8. The van der Waals surface area contributed by atoms with Crippen LogP contribution in [0.1, 0.15) is 21.0 Å². The zero-order chi connectivity index (χ0) is 25.3. The number of anilines is 2. The van der Waals surface area contributed by atoms with Crippen LogP contribution < -0.4 is 15.5 Å². The molecule has 12 heteroatoms. The van der Waals surface area contributed by atoms with Gasteiger partial charge in [0, 0.05) is 53.0 Å². The number of imidazole rings is 1. The smallest absolute Gasteiger partial charge is 0.291 e. The quantitative estimate of drug-likeness (QED) is 0.520. The molecule has 1 aliphatic rings. The van der Waals surface area contributed by atoms with Crippen molar-refractivity contribution >= 4 is 34.9 Å². The van der Waals surface area contributed by atoms with Crippen molar-refractivity contribution in [3.8, 4) is 11.3 Å². The number of halogens is 3. The summed E-state index contributed by atoms with van der Waals surface area (Å²) < 4.78 is 30.3. The van der Waals surface area contributed by atoms with Gasteiger partial charge < -0.3 is 25.0 Å². The molecule has 3 heterocycles. The molecule has 9 nitrogen and oxygen atoms in total. The molecule has 2 aromatic heterocycles. The molecule has 3 aromatic rings. The number of amides is 2. The molecule has 1 saturated heterocycles. The second-order valence-corrected chi connectivity index (χ2v) is 8.65. The van der Waals surface area contributed by atoms with E-state index >= 15 is 0 Å². The summed E-state index contributed by atoms with van der Waals surface area (Å²) in [5, 5.41) is 6.06. The topological polar surface area (TPSA) is 95.4 Å². The second kappa shape index (κ2) is 9.96. The molecule has 1 aromatic carbocycles. The molecule has 1 aliphatic heterocycles. The number of hydrogen-bond donors (Lipinski definition) is 2. The molecule has 0 aliphatic carbocycles. The molecule has 2 N–H and O–H groups in total. The van der Waals surface area contributed by atoms with Gasteiger partial charge in [-0.25, -0.2) is 9.37 Å². The van der Waals surface area contributed by atoms with Gasteiger partial charge in [0.1, 0.15) is 0 Å². The van der Waals surface area contributed by atoms with E-state index in [1.165, 1.54) is 28.8 Å². The number of nitrogens with zero attached hydrogens (tertiary/aromatic N) is 5. The molecule has 0 radical (unpaired) electrons. The summed E-state index contributed by atoms with van der Waals surface area (Å²) in [6, 6.07) is 5.63. The second-order valence-electron chi connectivity index (χ2n) is 8.24. The van der Waals surface area contributed by atoms with Crippen molar-refractivity contribution in [2.75, 3.05) is 50.5 Å². The fourth-order valence-corrected chi connectivity index (χ4v) is 4.07. The average Bonchev–Trinajstić information content (AvgIpc) is 3.21. The lowest BCUT2D eigenvalue weighted by molar-refractivity contribution is 0.0736. The Hall–Kier alpha value is -3.57. The molecule has 184 valence electrons. The van der Waals surface area contributed by atoms with Crippen molar-refractivity contribution in [1.29, 1.82) is 0 Å². The van der Waals surface area contributed by atoms with Crippen molar-refractivity contribution in [2.24, 2.45) is 7.05 Å². The van der Waals surface area contributed by atoms with E-state index in [1.807, 2.05) is 0 Å². The number of carbonyl (C=O) groups excluding carboxylic acids is 2. The maximum absolute atomic E-state index is 14.6. The Kier molecular flexibility index (Phi) is 6.99. The number of benzene rings is 1. The zero-order valence-electron chi connectivity index (χ0n) is 19.4. The van der Waals surface area contributed by atoms with Crippen molar-refractivity contribution in [3.63, 3.8) is 0 Å². The van der Waals surface area contributed by atoms with Crippen LogP contribution in [-0.4, -0.2) is 71.5 Å². The Bertz CT molecular complexity index is 1290. The van der Waals surface area contributed by atoms with Crippen LogP contribution in [0.3, 0.4) is 0 Å². The summed E-state index contributed by atoms with van der Waals surface area (Å²) in [5.74, 6) is -2.53. The van der Waals surface area contributed by atoms with Crippen LogP contribution in [0.4, 0.5) is 20.3 Å². The van der Waals surface area contributed by atoms with Crippen molar-refractivity contribution in [1.82, 2.24) is 24.8 Å². The fourth-order valence-electron chi connectivity index (χ4n) is 3.81. The summed E-state index contributed by atoms with van der Waals surface area (Å²) in [6.07, 6.45) is 1.27.